The molecule has 1 atom stereocenters. The molecule has 9 N–H and O–H groups in total. The van der Waals surface area contributed by atoms with E-state index in [0.29, 0.717) is 0 Å². The first-order valence-corrected chi connectivity index (χ1v) is 26.1. The van der Waals surface area contributed by atoms with Crippen LogP contribution in [0.3, 0.4) is 0 Å². The van der Waals surface area contributed by atoms with Gasteiger partial charge in [0.15, 0.2) is 5.66 Å². The second-order valence-corrected chi connectivity index (χ2v) is 20.0. The number of rotatable bonds is 9. The van der Waals surface area contributed by atoms with Crippen LogP contribution in [0.25, 0.3) is 0 Å². The topological polar surface area (TPSA) is 158 Å². The van der Waals surface area contributed by atoms with Gasteiger partial charge in [0, 0.05) is 236 Å². The van der Waals surface area contributed by atoms with Gasteiger partial charge >= 0.3 is 0 Å². The van der Waals surface area contributed by atoms with Crippen LogP contribution in [0.2, 0.25) is 0 Å². The Bertz CT molecular complexity index is 1610. The van der Waals surface area contributed by atoms with Crippen molar-refractivity contribution >= 4 is 5.91 Å². The normalized spacial score (nSPS) is 33.9. The predicted octanol–water partition coefficient (Wildman–Crippen LogP) is -6.50. The second-order valence-electron chi connectivity index (χ2n) is 20.0. The van der Waals surface area contributed by atoms with E-state index in [1.807, 2.05) is 0 Å². The number of nitrogens with one attached hydrogen (secondary N) is 9. The molecule has 65 heavy (non-hydrogen) atoms. The van der Waals surface area contributed by atoms with E-state index in [1.165, 1.54) is 11.4 Å². The van der Waals surface area contributed by atoms with Gasteiger partial charge in [0.05, 0.1) is 11.4 Å². The summed E-state index contributed by atoms with van der Waals surface area (Å²) < 4.78 is 0. The fourth-order valence-corrected chi connectivity index (χ4v) is 15.0. The molecule has 10 saturated heterocycles. The van der Waals surface area contributed by atoms with Crippen molar-refractivity contribution < 1.29 is 4.79 Å². The standard InChI is InChI=1S/C45H83N19O/c65-41-44(59-29-11-50-12-30-59,60-31-13-51-14-32-60)45(61-33-15-52-16-34-61,62-35-17-53-18-36-62)42(56-23-5-47-6-24-56)39(64(41)63-37-19-54-20-38-63)1-2-40(55-21-3-46-4-22-55)43(42,57-25-7-48-8-26-57)58-27-9-49-10-28-58/h1-2,46-54H,3-38H2. The molecule has 0 aromatic rings. The Hall–Kier alpha value is -1.93. The van der Waals surface area contributed by atoms with Crippen molar-refractivity contribution in [2.75, 3.05) is 236 Å². The highest BCUT2D eigenvalue weighted by Crippen LogP contribution is 2.66. The molecular formula is C45H83N19O. The van der Waals surface area contributed by atoms with Gasteiger partial charge in [0.1, 0.15) is 16.9 Å². The SMILES string of the molecule is O=C1N(N2CCNCC2)C2=CC=C(N3CCNCC3)C(N3CCNCC3)(N3CCNCC3)C2(N2CCNCC2)C(N2CCNCC2)(N2CCNCC2)C1(N1CCNCC1)N1CCNCC1. The van der Waals surface area contributed by atoms with Crippen LogP contribution in [0.1, 0.15) is 0 Å². The van der Waals surface area contributed by atoms with E-state index in [9.17, 15) is 0 Å². The molecule has 10 aliphatic heterocycles. The average molecular weight is 906 g/mol. The highest BCUT2D eigenvalue weighted by molar-refractivity contribution is 5.93. The molecule has 1 aliphatic carbocycles. The molecule has 364 valence electrons. The first kappa shape index (κ1) is 45.5. The Morgan fingerprint density at radius 2 is 0.615 bits per heavy atom. The lowest BCUT2D eigenvalue weighted by Gasteiger charge is -2.82. The molecule has 10 fully saturated rings. The van der Waals surface area contributed by atoms with Gasteiger partial charge in [-0.1, -0.05) is 0 Å². The Morgan fingerprint density at radius 1 is 0.323 bits per heavy atom. The monoisotopic (exact) mass is 906 g/mol. The summed E-state index contributed by atoms with van der Waals surface area (Å²) in [6.07, 6.45) is 5.11. The van der Waals surface area contributed by atoms with Crippen molar-refractivity contribution in [2.24, 2.45) is 0 Å². The maximum atomic E-state index is 18.0. The number of fused-ring (bicyclic) bond motifs is 1. The van der Waals surface area contributed by atoms with Crippen LogP contribution in [0, 0.1) is 0 Å². The van der Waals surface area contributed by atoms with Crippen molar-refractivity contribution in [3.05, 3.63) is 23.5 Å². The number of carbonyl (C=O) groups excluding carboxylic acids is 1. The van der Waals surface area contributed by atoms with E-state index in [2.05, 4.69) is 109 Å². The molecule has 0 saturated carbocycles. The second kappa shape index (κ2) is 19.8. The smallest absolute Gasteiger partial charge is 0.280 e. The van der Waals surface area contributed by atoms with Crippen LogP contribution in [0.5, 0.6) is 0 Å². The van der Waals surface area contributed by atoms with E-state index in [1.54, 1.807) is 0 Å². The summed E-state index contributed by atoms with van der Waals surface area (Å²) in [5, 5.41) is 39.4. The summed E-state index contributed by atoms with van der Waals surface area (Å²) in [6, 6.07) is 0. The quantitative estimate of drug-likeness (QED) is 0.108. The highest BCUT2D eigenvalue weighted by atomic mass is 16.2. The largest absolute Gasteiger partial charge is 0.370 e. The van der Waals surface area contributed by atoms with Crippen LogP contribution in [0.15, 0.2) is 23.5 Å². The molecule has 0 bridgehead atoms. The summed E-state index contributed by atoms with van der Waals surface area (Å²) in [5.41, 5.74) is -0.754. The maximum Gasteiger partial charge on any atom is 0.280 e. The minimum Gasteiger partial charge on any atom is -0.370 e. The number of carbonyl (C=O) groups is 1. The number of hydrogen-bond acceptors (Lipinski definition) is 19. The van der Waals surface area contributed by atoms with Crippen molar-refractivity contribution in [1.29, 1.82) is 0 Å². The van der Waals surface area contributed by atoms with Gasteiger partial charge < -0.3 is 52.8 Å². The number of allylic oxidation sites excluding steroid dienone is 2. The van der Waals surface area contributed by atoms with Gasteiger partial charge in [0.25, 0.3) is 5.91 Å². The zero-order valence-electron chi connectivity index (χ0n) is 39.5. The van der Waals surface area contributed by atoms with Gasteiger partial charge in [0.2, 0.25) is 0 Å². The number of piperidine rings is 1. The molecule has 20 nitrogen and oxygen atoms in total. The third-order valence-corrected chi connectivity index (χ3v) is 17.2. The Kier molecular flexibility index (Phi) is 13.9. The lowest BCUT2D eigenvalue weighted by atomic mass is 9.54. The number of hydrazine groups is 1. The summed E-state index contributed by atoms with van der Waals surface area (Å²) in [4.78, 5) is 41.4. The van der Waals surface area contributed by atoms with Crippen molar-refractivity contribution in [1.82, 2.24) is 97.1 Å². The molecular weight excluding hydrogens is 823 g/mol. The van der Waals surface area contributed by atoms with Crippen LogP contribution >= 0.6 is 0 Å². The summed E-state index contributed by atoms with van der Waals surface area (Å²) in [6.45, 7) is 32.1. The van der Waals surface area contributed by atoms with Crippen LogP contribution in [0.4, 0.5) is 0 Å². The minimum atomic E-state index is -1.07. The van der Waals surface area contributed by atoms with E-state index in [-0.39, 0.29) is 5.91 Å². The van der Waals surface area contributed by atoms with Crippen LogP contribution < -0.4 is 47.9 Å². The molecule has 10 heterocycles. The fraction of sp³-hybridized carbons (Fsp3) is 0.889. The van der Waals surface area contributed by atoms with E-state index >= 15 is 4.79 Å². The molecule has 0 spiro atoms. The van der Waals surface area contributed by atoms with Crippen molar-refractivity contribution in [3.63, 3.8) is 0 Å². The van der Waals surface area contributed by atoms with Gasteiger partial charge in [-0.3, -0.25) is 39.1 Å². The minimum absolute atomic E-state index is 0.269. The molecule has 0 radical (unpaired) electrons. The third kappa shape index (κ3) is 7.06. The summed E-state index contributed by atoms with van der Waals surface area (Å²) in [5.74, 6) is 0.269. The van der Waals surface area contributed by atoms with Crippen molar-refractivity contribution in [2.45, 2.75) is 22.5 Å². The predicted molar refractivity (Wildman–Crippen MR) is 254 cm³/mol. The average Bonchev–Trinajstić information content (AvgIpc) is 3.40. The Balaban J connectivity index is 1.36. The van der Waals surface area contributed by atoms with Gasteiger partial charge in [-0.05, 0) is 12.2 Å². The first-order chi connectivity index (χ1) is 32.2. The van der Waals surface area contributed by atoms with E-state index in [0.717, 1.165) is 236 Å². The van der Waals surface area contributed by atoms with Gasteiger partial charge in [-0.25, -0.2) is 10.0 Å². The van der Waals surface area contributed by atoms with E-state index in [4.69, 9.17) is 0 Å². The lowest BCUT2D eigenvalue weighted by Crippen LogP contribution is -3.04. The number of piperazine rings is 9. The number of amides is 1. The van der Waals surface area contributed by atoms with Crippen LogP contribution in [-0.4, -0.2) is 313 Å². The molecule has 0 aromatic heterocycles. The van der Waals surface area contributed by atoms with E-state index < -0.39 is 22.5 Å². The van der Waals surface area contributed by atoms with Crippen molar-refractivity contribution in [3.8, 4) is 0 Å². The zero-order chi connectivity index (χ0) is 43.7. The molecule has 0 aromatic carbocycles. The zero-order valence-corrected chi connectivity index (χ0v) is 39.5. The molecule has 1 amide bonds. The molecule has 1 unspecified atom stereocenters. The number of hydrogen-bond donors (Lipinski definition) is 9. The molecule has 11 rings (SSSR count). The third-order valence-electron chi connectivity index (χ3n) is 17.2. The summed E-state index contributed by atoms with van der Waals surface area (Å²) in [7, 11) is 0. The molecule has 20 heteroatoms. The summed E-state index contributed by atoms with van der Waals surface area (Å²) >= 11 is 0. The fourth-order valence-electron chi connectivity index (χ4n) is 15.0. The Labute approximate surface area is 388 Å². The first-order valence-electron chi connectivity index (χ1n) is 26.1. The van der Waals surface area contributed by atoms with Gasteiger partial charge in [-0.15, -0.1) is 0 Å². The lowest BCUT2D eigenvalue weighted by molar-refractivity contribution is -0.332. The van der Waals surface area contributed by atoms with Gasteiger partial charge in [-0.2, -0.15) is 0 Å². The maximum absolute atomic E-state index is 18.0. The molecule has 11 aliphatic rings. The van der Waals surface area contributed by atoms with Crippen LogP contribution in [-0.2, 0) is 4.79 Å². The highest BCUT2D eigenvalue weighted by Gasteiger charge is 2.88. The number of nitrogens with zero attached hydrogens (tertiary/aromatic N) is 10. The Morgan fingerprint density at radius 3 is 1.00 bits per heavy atom.